The normalized spacial score (nSPS) is 10.5. The lowest BCUT2D eigenvalue weighted by atomic mass is 9.94. The van der Waals surface area contributed by atoms with E-state index < -0.39 is 0 Å². The van der Waals surface area contributed by atoms with Gasteiger partial charge < -0.3 is 16.4 Å². The molecule has 1 amide bonds. The first-order chi connectivity index (χ1) is 9.41. The van der Waals surface area contributed by atoms with Crippen molar-refractivity contribution in [2.45, 2.75) is 52.1 Å². The number of halogens is 2. The fourth-order valence-corrected chi connectivity index (χ4v) is 1.83. The first-order valence-corrected chi connectivity index (χ1v) is 7.20. The molecule has 0 aliphatic carbocycles. The van der Waals surface area contributed by atoms with Crippen molar-refractivity contribution in [3.8, 4) is 0 Å². The number of carbonyl (C=O) groups excluding carboxylic acids is 1. The lowest BCUT2D eigenvalue weighted by Crippen LogP contribution is -2.49. The van der Waals surface area contributed by atoms with E-state index in [-0.39, 0.29) is 42.3 Å². The van der Waals surface area contributed by atoms with Gasteiger partial charge >= 0.3 is 0 Å². The van der Waals surface area contributed by atoms with Crippen molar-refractivity contribution in [3.05, 3.63) is 23.9 Å². The molecule has 1 heterocycles. The zero-order valence-corrected chi connectivity index (χ0v) is 15.3. The number of hydrogen-bond donors (Lipinski definition) is 3. The van der Waals surface area contributed by atoms with Crippen LogP contribution in [0.15, 0.2) is 18.3 Å². The molecule has 0 bridgehead atoms. The first-order valence-electron chi connectivity index (χ1n) is 7.20. The molecule has 128 valence electrons. The van der Waals surface area contributed by atoms with Crippen LogP contribution in [0.5, 0.6) is 0 Å². The van der Waals surface area contributed by atoms with Crippen molar-refractivity contribution in [3.63, 3.8) is 0 Å². The van der Waals surface area contributed by atoms with Gasteiger partial charge in [0, 0.05) is 24.3 Å². The summed E-state index contributed by atoms with van der Waals surface area (Å²) >= 11 is 0. The van der Waals surface area contributed by atoms with E-state index >= 15 is 0 Å². The first kappa shape index (κ1) is 23.2. The third kappa shape index (κ3) is 6.81. The average Bonchev–Trinajstić information content (AvgIpc) is 2.44. The molecule has 7 heteroatoms. The van der Waals surface area contributed by atoms with Crippen molar-refractivity contribution in [1.29, 1.82) is 0 Å². The highest BCUT2D eigenvalue weighted by Gasteiger charge is 2.22. The van der Waals surface area contributed by atoms with Crippen LogP contribution < -0.4 is 16.4 Å². The summed E-state index contributed by atoms with van der Waals surface area (Å²) in [7, 11) is 0. The van der Waals surface area contributed by atoms with E-state index in [2.05, 4.69) is 15.6 Å². The minimum Gasteiger partial charge on any atom is -0.367 e. The highest BCUT2D eigenvalue weighted by Crippen LogP contribution is 2.14. The molecule has 0 unspecified atom stereocenters. The summed E-state index contributed by atoms with van der Waals surface area (Å²) in [6.45, 7) is 8.55. The summed E-state index contributed by atoms with van der Waals surface area (Å²) in [5.74, 6) is 0.466. The molecule has 1 aromatic rings. The molecule has 1 aromatic heterocycles. The Labute approximate surface area is 145 Å². The number of hydrogen-bond acceptors (Lipinski definition) is 4. The molecular formula is C15H28Cl2N4O. The van der Waals surface area contributed by atoms with Crippen LogP contribution in [0.4, 0.5) is 5.82 Å². The Balaban J connectivity index is 0. The monoisotopic (exact) mass is 350 g/mol. The molecule has 1 rings (SSSR count). The van der Waals surface area contributed by atoms with Gasteiger partial charge in [-0.3, -0.25) is 4.79 Å². The Bertz CT molecular complexity index is 451. The third-order valence-corrected chi connectivity index (χ3v) is 3.49. The van der Waals surface area contributed by atoms with E-state index in [0.29, 0.717) is 17.9 Å². The van der Waals surface area contributed by atoms with Crippen LogP contribution in [-0.4, -0.2) is 29.0 Å². The fourth-order valence-electron chi connectivity index (χ4n) is 1.83. The smallest absolute Gasteiger partial charge is 0.255 e. The average molecular weight is 351 g/mol. The summed E-state index contributed by atoms with van der Waals surface area (Å²) in [4.78, 5) is 16.5. The number of anilines is 1. The van der Waals surface area contributed by atoms with E-state index in [0.717, 1.165) is 12.8 Å². The SMILES string of the molecule is CCC(N)(CC)CNC(=O)c1cccnc1NC(C)C.Cl.Cl. The Morgan fingerprint density at radius 3 is 2.41 bits per heavy atom. The molecule has 0 aliphatic heterocycles. The number of rotatable bonds is 7. The van der Waals surface area contributed by atoms with Gasteiger partial charge in [0.15, 0.2) is 0 Å². The van der Waals surface area contributed by atoms with E-state index in [1.165, 1.54) is 0 Å². The molecule has 5 nitrogen and oxygen atoms in total. The molecular weight excluding hydrogens is 323 g/mol. The van der Waals surface area contributed by atoms with Crippen LogP contribution in [0.25, 0.3) is 0 Å². The predicted octanol–water partition coefficient (Wildman–Crippen LogP) is 2.99. The van der Waals surface area contributed by atoms with E-state index in [4.69, 9.17) is 5.73 Å². The molecule has 0 radical (unpaired) electrons. The lowest BCUT2D eigenvalue weighted by molar-refractivity contribution is 0.0942. The quantitative estimate of drug-likeness (QED) is 0.706. The standard InChI is InChI=1S/C15H26N4O.2ClH/c1-5-15(16,6-2)10-18-14(20)12-8-7-9-17-13(12)19-11(3)4;;/h7-9,11H,5-6,10,16H2,1-4H3,(H,17,19)(H,18,20);2*1H. The van der Waals surface area contributed by atoms with Gasteiger partial charge in [-0.05, 0) is 38.8 Å². The minimum atomic E-state index is -0.344. The van der Waals surface area contributed by atoms with Crippen LogP contribution >= 0.6 is 24.8 Å². The number of carbonyl (C=O) groups is 1. The summed E-state index contributed by atoms with van der Waals surface area (Å²) in [5.41, 5.74) is 6.40. The Morgan fingerprint density at radius 2 is 1.91 bits per heavy atom. The minimum absolute atomic E-state index is 0. The zero-order valence-electron chi connectivity index (χ0n) is 13.7. The van der Waals surface area contributed by atoms with E-state index in [1.54, 1.807) is 18.3 Å². The van der Waals surface area contributed by atoms with Gasteiger partial charge in [-0.25, -0.2) is 4.98 Å². The maximum absolute atomic E-state index is 12.3. The molecule has 0 saturated heterocycles. The molecule has 0 spiro atoms. The number of nitrogens with two attached hydrogens (primary N) is 1. The maximum atomic E-state index is 12.3. The van der Waals surface area contributed by atoms with Crippen LogP contribution in [-0.2, 0) is 0 Å². The van der Waals surface area contributed by atoms with Crippen molar-refractivity contribution in [1.82, 2.24) is 10.3 Å². The van der Waals surface area contributed by atoms with Crippen molar-refractivity contribution >= 4 is 36.5 Å². The van der Waals surface area contributed by atoms with Gasteiger partial charge in [-0.2, -0.15) is 0 Å². The predicted molar refractivity (Wildman–Crippen MR) is 97.3 cm³/mol. The number of aromatic nitrogens is 1. The summed E-state index contributed by atoms with van der Waals surface area (Å²) in [5, 5.41) is 6.09. The highest BCUT2D eigenvalue weighted by molar-refractivity contribution is 5.98. The van der Waals surface area contributed by atoms with Gasteiger partial charge in [-0.15, -0.1) is 24.8 Å². The second-order valence-corrected chi connectivity index (χ2v) is 5.45. The number of amides is 1. The van der Waals surface area contributed by atoms with Crippen molar-refractivity contribution in [2.75, 3.05) is 11.9 Å². The maximum Gasteiger partial charge on any atom is 0.255 e. The van der Waals surface area contributed by atoms with Crippen LogP contribution in [0, 0.1) is 0 Å². The van der Waals surface area contributed by atoms with Gasteiger partial charge in [0.1, 0.15) is 5.82 Å². The number of nitrogens with one attached hydrogen (secondary N) is 2. The van der Waals surface area contributed by atoms with Crippen LogP contribution in [0.1, 0.15) is 50.9 Å². The number of pyridine rings is 1. The summed E-state index contributed by atoms with van der Waals surface area (Å²) in [6, 6.07) is 3.75. The molecule has 0 aliphatic rings. The summed E-state index contributed by atoms with van der Waals surface area (Å²) < 4.78 is 0. The van der Waals surface area contributed by atoms with Gasteiger partial charge in [0.25, 0.3) is 5.91 Å². The van der Waals surface area contributed by atoms with Crippen LogP contribution in [0.2, 0.25) is 0 Å². The van der Waals surface area contributed by atoms with Gasteiger partial charge in [0.2, 0.25) is 0 Å². The molecule has 4 N–H and O–H groups in total. The molecule has 0 fully saturated rings. The van der Waals surface area contributed by atoms with Gasteiger partial charge in [-0.1, -0.05) is 13.8 Å². The van der Waals surface area contributed by atoms with Crippen LogP contribution in [0.3, 0.4) is 0 Å². The highest BCUT2D eigenvalue weighted by atomic mass is 35.5. The number of nitrogens with zero attached hydrogens (tertiary/aromatic N) is 1. The molecule has 0 aromatic carbocycles. The Hall–Kier alpha value is -1.04. The topological polar surface area (TPSA) is 80.0 Å². The Kier molecular flexibility index (Phi) is 11.2. The molecule has 22 heavy (non-hydrogen) atoms. The Morgan fingerprint density at radius 1 is 1.32 bits per heavy atom. The summed E-state index contributed by atoms with van der Waals surface area (Å²) in [6.07, 6.45) is 3.33. The molecule has 0 saturated carbocycles. The molecule has 0 atom stereocenters. The zero-order chi connectivity index (χ0) is 15.2. The van der Waals surface area contributed by atoms with Gasteiger partial charge in [0.05, 0.1) is 5.56 Å². The second kappa shape index (κ2) is 10.6. The largest absolute Gasteiger partial charge is 0.367 e. The van der Waals surface area contributed by atoms with E-state index in [9.17, 15) is 4.79 Å². The third-order valence-electron chi connectivity index (χ3n) is 3.49. The lowest BCUT2D eigenvalue weighted by Gasteiger charge is -2.27. The van der Waals surface area contributed by atoms with E-state index in [1.807, 2.05) is 27.7 Å². The van der Waals surface area contributed by atoms with Crippen molar-refractivity contribution < 1.29 is 4.79 Å². The second-order valence-electron chi connectivity index (χ2n) is 5.45. The van der Waals surface area contributed by atoms with Crippen molar-refractivity contribution in [2.24, 2.45) is 5.73 Å². The fraction of sp³-hybridized carbons (Fsp3) is 0.600.